The number of aromatic nitrogens is 2. The Morgan fingerprint density at radius 2 is 1.73 bits per heavy atom. The third-order valence-electron chi connectivity index (χ3n) is 7.81. The van der Waals surface area contributed by atoms with Crippen LogP contribution in [0.1, 0.15) is 41.1 Å². The number of ether oxygens (including phenoxy) is 3. The monoisotopic (exact) mass is 589 g/mol. The van der Waals surface area contributed by atoms with E-state index in [2.05, 4.69) is 39.6 Å². The highest BCUT2D eigenvalue weighted by atomic mass is 16.7. The van der Waals surface area contributed by atoms with Gasteiger partial charge in [0.25, 0.3) is 0 Å². The molecule has 4 aromatic carbocycles. The normalized spacial score (nSPS) is 18.2. The molecule has 224 valence electrons. The number of nitrogens with zero attached hydrogens (tertiary/aromatic N) is 2. The van der Waals surface area contributed by atoms with Gasteiger partial charge in [-0.25, -0.2) is 9.78 Å². The minimum absolute atomic E-state index is 0.00119. The number of para-hydroxylation sites is 2. The van der Waals surface area contributed by atoms with Crippen LogP contribution in [-0.4, -0.2) is 33.5 Å². The molecule has 1 saturated heterocycles. The number of fused-ring (bicyclic) bond motifs is 1. The first-order chi connectivity index (χ1) is 21.6. The minimum atomic E-state index is -0.573. The van der Waals surface area contributed by atoms with Gasteiger partial charge < -0.3 is 29.2 Å². The Morgan fingerprint density at radius 3 is 2.52 bits per heavy atom. The van der Waals surface area contributed by atoms with Crippen LogP contribution in [0.5, 0.6) is 0 Å². The van der Waals surface area contributed by atoms with Crippen LogP contribution in [0.15, 0.2) is 116 Å². The van der Waals surface area contributed by atoms with Gasteiger partial charge in [0, 0.05) is 18.5 Å². The molecule has 6 rings (SSSR count). The SMILES string of the molecule is C=CCOC(=O)NCc1ccccc1-c1ccc([C@@H]2O[C@H](Cn3cnc4ccccc43)C[C@H](c3ccc(CO)cc3)O2)cc1. The van der Waals surface area contributed by atoms with Gasteiger partial charge in [0.1, 0.15) is 6.61 Å². The van der Waals surface area contributed by atoms with Crippen LogP contribution in [0.25, 0.3) is 22.2 Å². The second-order valence-electron chi connectivity index (χ2n) is 10.8. The summed E-state index contributed by atoms with van der Waals surface area (Å²) in [4.78, 5) is 16.5. The summed E-state index contributed by atoms with van der Waals surface area (Å²) in [7, 11) is 0. The van der Waals surface area contributed by atoms with Gasteiger partial charge in [0.15, 0.2) is 6.29 Å². The Balaban J connectivity index is 1.23. The lowest BCUT2D eigenvalue weighted by molar-refractivity contribution is -0.252. The molecule has 3 atom stereocenters. The highest BCUT2D eigenvalue weighted by molar-refractivity contribution is 5.75. The highest BCUT2D eigenvalue weighted by Crippen LogP contribution is 2.39. The average molecular weight is 590 g/mol. The summed E-state index contributed by atoms with van der Waals surface area (Å²) < 4.78 is 20.3. The quantitative estimate of drug-likeness (QED) is 0.173. The van der Waals surface area contributed by atoms with Crippen molar-refractivity contribution in [3.05, 3.63) is 138 Å². The lowest BCUT2D eigenvalue weighted by atomic mass is 9.97. The Labute approximate surface area is 256 Å². The number of carbonyl (C=O) groups is 1. The molecule has 1 fully saturated rings. The fraction of sp³-hybridized carbons (Fsp3) is 0.222. The van der Waals surface area contributed by atoms with E-state index >= 15 is 0 Å². The second kappa shape index (κ2) is 13.7. The smallest absolute Gasteiger partial charge is 0.407 e. The summed E-state index contributed by atoms with van der Waals surface area (Å²) in [6.07, 6.45) is 2.71. The van der Waals surface area contributed by atoms with E-state index in [-0.39, 0.29) is 25.4 Å². The highest BCUT2D eigenvalue weighted by Gasteiger charge is 2.32. The number of hydrogen-bond acceptors (Lipinski definition) is 6. The number of carbonyl (C=O) groups excluding carboxylic acids is 1. The van der Waals surface area contributed by atoms with Crippen molar-refractivity contribution in [2.45, 2.75) is 44.6 Å². The lowest BCUT2D eigenvalue weighted by Crippen LogP contribution is -2.32. The number of alkyl carbamates (subject to hydrolysis) is 1. The van der Waals surface area contributed by atoms with Crippen LogP contribution in [-0.2, 0) is 33.9 Å². The Bertz CT molecular complexity index is 1710. The van der Waals surface area contributed by atoms with Crippen molar-refractivity contribution in [1.82, 2.24) is 14.9 Å². The molecule has 1 amide bonds. The first kappa shape index (κ1) is 29.3. The summed E-state index contributed by atoms with van der Waals surface area (Å²) in [6, 6.07) is 32.1. The summed E-state index contributed by atoms with van der Waals surface area (Å²) in [5.74, 6) is 0. The first-order valence-electron chi connectivity index (χ1n) is 14.7. The average Bonchev–Trinajstić information content (AvgIpc) is 3.49. The Hall–Kier alpha value is -4.76. The summed E-state index contributed by atoms with van der Waals surface area (Å²) in [6.45, 7) is 4.70. The van der Waals surface area contributed by atoms with Crippen molar-refractivity contribution in [1.29, 1.82) is 0 Å². The van der Waals surface area contributed by atoms with E-state index in [1.807, 2.05) is 85.2 Å². The first-order valence-corrected chi connectivity index (χ1v) is 14.7. The van der Waals surface area contributed by atoms with E-state index in [0.29, 0.717) is 19.5 Å². The van der Waals surface area contributed by atoms with E-state index in [4.69, 9.17) is 14.2 Å². The number of rotatable bonds is 10. The van der Waals surface area contributed by atoms with Gasteiger partial charge >= 0.3 is 6.09 Å². The van der Waals surface area contributed by atoms with Gasteiger partial charge in [-0.1, -0.05) is 97.6 Å². The predicted octanol–water partition coefficient (Wildman–Crippen LogP) is 6.85. The topological polar surface area (TPSA) is 94.8 Å². The zero-order chi connectivity index (χ0) is 30.3. The minimum Gasteiger partial charge on any atom is -0.445 e. The number of imidazole rings is 1. The van der Waals surface area contributed by atoms with Gasteiger partial charge in [0.05, 0.1) is 42.7 Å². The molecule has 2 heterocycles. The van der Waals surface area contributed by atoms with Crippen molar-refractivity contribution < 1.29 is 24.1 Å². The number of aliphatic hydroxyl groups is 1. The third-order valence-corrected chi connectivity index (χ3v) is 7.81. The van der Waals surface area contributed by atoms with Gasteiger partial charge in [-0.3, -0.25) is 0 Å². The second-order valence-corrected chi connectivity index (χ2v) is 10.8. The fourth-order valence-corrected chi connectivity index (χ4v) is 5.54. The predicted molar refractivity (Wildman–Crippen MR) is 168 cm³/mol. The molecule has 44 heavy (non-hydrogen) atoms. The molecule has 1 aliphatic rings. The maximum atomic E-state index is 12.0. The van der Waals surface area contributed by atoms with Crippen LogP contribution in [0.3, 0.4) is 0 Å². The van der Waals surface area contributed by atoms with E-state index in [0.717, 1.165) is 44.4 Å². The third kappa shape index (κ3) is 6.73. The van der Waals surface area contributed by atoms with Crippen molar-refractivity contribution >= 4 is 17.1 Å². The van der Waals surface area contributed by atoms with Crippen LogP contribution in [0.4, 0.5) is 4.79 Å². The van der Waals surface area contributed by atoms with Gasteiger partial charge in [0.2, 0.25) is 0 Å². The molecule has 5 aromatic rings. The number of benzene rings is 4. The van der Waals surface area contributed by atoms with Crippen molar-refractivity contribution in [3.8, 4) is 11.1 Å². The summed E-state index contributed by atoms with van der Waals surface area (Å²) in [5, 5.41) is 12.3. The zero-order valence-corrected chi connectivity index (χ0v) is 24.3. The van der Waals surface area contributed by atoms with Crippen LogP contribution in [0.2, 0.25) is 0 Å². The van der Waals surface area contributed by atoms with E-state index in [9.17, 15) is 9.90 Å². The van der Waals surface area contributed by atoms with E-state index in [1.165, 1.54) is 6.08 Å². The molecule has 1 aliphatic heterocycles. The molecule has 0 radical (unpaired) electrons. The molecule has 0 unspecified atom stereocenters. The number of aliphatic hydroxyl groups excluding tert-OH is 1. The van der Waals surface area contributed by atoms with E-state index in [1.54, 1.807) is 0 Å². The van der Waals surface area contributed by atoms with Crippen LogP contribution < -0.4 is 5.32 Å². The van der Waals surface area contributed by atoms with Crippen LogP contribution >= 0.6 is 0 Å². The molecular weight excluding hydrogens is 554 g/mol. The molecule has 0 spiro atoms. The number of amides is 1. The molecular formula is C36H35N3O5. The summed E-state index contributed by atoms with van der Waals surface area (Å²) >= 11 is 0. The van der Waals surface area contributed by atoms with Crippen LogP contribution in [0, 0.1) is 0 Å². The van der Waals surface area contributed by atoms with Crippen molar-refractivity contribution in [3.63, 3.8) is 0 Å². The summed E-state index contributed by atoms with van der Waals surface area (Å²) in [5.41, 5.74) is 7.83. The van der Waals surface area contributed by atoms with Gasteiger partial charge in [-0.2, -0.15) is 0 Å². The lowest BCUT2D eigenvalue weighted by Gasteiger charge is -2.36. The standard InChI is InChI=1S/C36H35N3O5/c1-2-19-42-36(41)37-21-29-7-3-4-8-31(29)26-15-17-28(18-16-26)35-43-30(22-39-24-38-32-9-5-6-10-33(32)39)20-34(44-35)27-13-11-25(23-40)12-14-27/h2-18,24,30,34-35,40H,1,19-23H2,(H,37,41)/t30-,34+,35+/m0/s1. The molecule has 1 aromatic heterocycles. The molecule has 0 bridgehead atoms. The zero-order valence-electron chi connectivity index (χ0n) is 24.3. The Morgan fingerprint density at radius 1 is 0.977 bits per heavy atom. The molecule has 0 aliphatic carbocycles. The number of nitrogens with one attached hydrogen (secondary N) is 1. The Kier molecular flexibility index (Phi) is 9.12. The largest absolute Gasteiger partial charge is 0.445 e. The van der Waals surface area contributed by atoms with Gasteiger partial charge in [-0.15, -0.1) is 0 Å². The molecule has 0 saturated carbocycles. The maximum absolute atomic E-state index is 12.0. The molecule has 8 heteroatoms. The van der Waals surface area contributed by atoms with E-state index < -0.39 is 12.4 Å². The fourth-order valence-electron chi connectivity index (χ4n) is 5.54. The van der Waals surface area contributed by atoms with Crippen molar-refractivity contribution in [2.24, 2.45) is 0 Å². The molecule has 2 N–H and O–H groups in total. The van der Waals surface area contributed by atoms with Gasteiger partial charge in [-0.05, 0) is 39.9 Å². The van der Waals surface area contributed by atoms with Crippen molar-refractivity contribution in [2.75, 3.05) is 6.61 Å². The molecule has 8 nitrogen and oxygen atoms in total. The maximum Gasteiger partial charge on any atom is 0.407 e. The number of hydrogen-bond donors (Lipinski definition) is 2.